The standard InChI is InChI=1S/C54H100O2/c1-5-9-13-17-20-22-24-26-28-29-30-32-33-35-37-39-41-45-49-52(48-44-16-12-8-4)56-54(51-47-43-19-15-11-7-3)53(55)50-46-42-40-38-36-34-31-27-25-23-21-18-14-10-6-2/h5-6,39,41,45,47,49,51-55H,1-2,7-38,40,42-44,46,48,50H2,3-4H3/b41-39+,49-45+,51-47-. The zero-order valence-electron chi connectivity index (χ0n) is 38.2. The second kappa shape index (κ2) is 48.0. The molecule has 0 bridgehead atoms. The fourth-order valence-electron chi connectivity index (χ4n) is 7.80. The average molecular weight is 781 g/mol. The molecular weight excluding hydrogens is 681 g/mol. The van der Waals surface area contributed by atoms with Gasteiger partial charge in [-0.2, -0.15) is 0 Å². The minimum absolute atomic E-state index is 0.0513. The van der Waals surface area contributed by atoms with E-state index in [1.165, 1.54) is 218 Å². The van der Waals surface area contributed by atoms with Gasteiger partial charge in [-0.1, -0.05) is 249 Å². The highest BCUT2D eigenvalue weighted by atomic mass is 16.5. The van der Waals surface area contributed by atoms with E-state index in [-0.39, 0.29) is 12.2 Å². The molecule has 0 spiro atoms. The van der Waals surface area contributed by atoms with Crippen molar-refractivity contribution in [3.8, 4) is 0 Å². The van der Waals surface area contributed by atoms with E-state index in [9.17, 15) is 5.11 Å². The molecule has 3 atom stereocenters. The van der Waals surface area contributed by atoms with E-state index in [1.54, 1.807) is 0 Å². The zero-order chi connectivity index (χ0) is 40.7. The smallest absolute Gasteiger partial charge is 0.102 e. The van der Waals surface area contributed by atoms with Gasteiger partial charge in [0.15, 0.2) is 0 Å². The number of allylic oxidation sites excluding steroid dienone is 6. The Morgan fingerprint density at radius 1 is 0.393 bits per heavy atom. The second-order valence-electron chi connectivity index (χ2n) is 17.2. The zero-order valence-corrected chi connectivity index (χ0v) is 38.2. The maximum absolute atomic E-state index is 11.4. The number of hydrogen-bond acceptors (Lipinski definition) is 2. The molecule has 1 N–H and O–H groups in total. The maximum Gasteiger partial charge on any atom is 0.102 e. The molecule has 0 aromatic carbocycles. The molecule has 56 heavy (non-hydrogen) atoms. The molecule has 2 heteroatoms. The number of hydrogen-bond donors (Lipinski definition) is 1. The quantitative estimate of drug-likeness (QED) is 0.0379. The van der Waals surface area contributed by atoms with Gasteiger partial charge in [-0.3, -0.25) is 0 Å². The number of aliphatic hydroxyl groups is 1. The number of ether oxygens (including phenoxy) is 1. The summed E-state index contributed by atoms with van der Waals surface area (Å²) >= 11 is 0. The van der Waals surface area contributed by atoms with Crippen LogP contribution in [0.25, 0.3) is 0 Å². The Balaban J connectivity index is 4.61. The Morgan fingerprint density at radius 3 is 1.20 bits per heavy atom. The lowest BCUT2D eigenvalue weighted by atomic mass is 10.0. The fourth-order valence-corrected chi connectivity index (χ4v) is 7.80. The van der Waals surface area contributed by atoms with E-state index in [1.807, 2.05) is 6.08 Å². The molecule has 3 unspecified atom stereocenters. The van der Waals surface area contributed by atoms with Gasteiger partial charge in [-0.25, -0.2) is 0 Å². The van der Waals surface area contributed by atoms with Crippen molar-refractivity contribution in [3.05, 3.63) is 61.8 Å². The summed E-state index contributed by atoms with van der Waals surface area (Å²) in [4.78, 5) is 0. The molecule has 0 rings (SSSR count). The summed E-state index contributed by atoms with van der Waals surface area (Å²) in [6.45, 7) is 12.2. The topological polar surface area (TPSA) is 29.5 Å². The third-order valence-corrected chi connectivity index (χ3v) is 11.6. The summed E-state index contributed by atoms with van der Waals surface area (Å²) in [7, 11) is 0. The lowest BCUT2D eigenvalue weighted by molar-refractivity contribution is -0.0417. The Morgan fingerprint density at radius 2 is 0.750 bits per heavy atom. The molecule has 0 amide bonds. The largest absolute Gasteiger partial charge is 0.390 e. The van der Waals surface area contributed by atoms with Gasteiger partial charge in [0.05, 0.1) is 12.2 Å². The van der Waals surface area contributed by atoms with Gasteiger partial charge in [-0.15, -0.1) is 13.2 Å². The van der Waals surface area contributed by atoms with Gasteiger partial charge < -0.3 is 9.84 Å². The predicted octanol–water partition coefficient (Wildman–Crippen LogP) is 18.4. The molecule has 0 saturated heterocycles. The van der Waals surface area contributed by atoms with Crippen molar-refractivity contribution < 1.29 is 9.84 Å². The van der Waals surface area contributed by atoms with E-state index in [0.29, 0.717) is 0 Å². The summed E-state index contributed by atoms with van der Waals surface area (Å²) < 4.78 is 6.76. The summed E-state index contributed by atoms with van der Waals surface area (Å²) in [5.41, 5.74) is 0. The van der Waals surface area contributed by atoms with Crippen molar-refractivity contribution in [1.29, 1.82) is 0 Å². The van der Waals surface area contributed by atoms with Crippen LogP contribution in [0, 0.1) is 0 Å². The van der Waals surface area contributed by atoms with Gasteiger partial charge >= 0.3 is 0 Å². The Bertz CT molecular complexity index is 855. The summed E-state index contributed by atoms with van der Waals surface area (Å²) in [6, 6.07) is 0. The maximum atomic E-state index is 11.4. The van der Waals surface area contributed by atoms with Crippen molar-refractivity contribution in [2.45, 2.75) is 283 Å². The molecule has 0 aliphatic carbocycles. The molecule has 0 radical (unpaired) electrons. The van der Waals surface area contributed by atoms with Crippen LogP contribution >= 0.6 is 0 Å². The summed E-state index contributed by atoms with van der Waals surface area (Å²) in [6.07, 6.45) is 67.6. The first kappa shape index (κ1) is 54.6. The van der Waals surface area contributed by atoms with Crippen LogP contribution in [0.4, 0.5) is 0 Å². The van der Waals surface area contributed by atoms with Gasteiger partial charge in [0, 0.05) is 0 Å². The Labute approximate surface area is 353 Å². The minimum Gasteiger partial charge on any atom is -0.390 e. The molecule has 0 aliphatic heterocycles. The van der Waals surface area contributed by atoms with Crippen molar-refractivity contribution in [2.24, 2.45) is 0 Å². The van der Waals surface area contributed by atoms with Gasteiger partial charge in [0.1, 0.15) is 6.10 Å². The summed E-state index contributed by atoms with van der Waals surface area (Å²) in [5.74, 6) is 0. The molecule has 0 aromatic heterocycles. The average Bonchev–Trinajstić information content (AvgIpc) is 3.20. The van der Waals surface area contributed by atoms with Crippen LogP contribution in [-0.2, 0) is 4.74 Å². The molecule has 0 aliphatic rings. The van der Waals surface area contributed by atoms with Crippen molar-refractivity contribution >= 4 is 0 Å². The molecule has 0 heterocycles. The SMILES string of the molecule is C=CCCCCCCCCCCCCCC/C=C/C=C/C(CCCCCC)OC(/C=C\CCCCCC)C(O)CCCCCCCCCCCCCCCC=C. The highest BCUT2D eigenvalue weighted by Gasteiger charge is 2.20. The van der Waals surface area contributed by atoms with Gasteiger partial charge in [-0.05, 0) is 64.2 Å². The minimum atomic E-state index is -0.432. The Hall–Kier alpha value is -1.38. The molecule has 2 nitrogen and oxygen atoms in total. The summed E-state index contributed by atoms with van der Waals surface area (Å²) in [5, 5.41) is 11.4. The predicted molar refractivity (Wildman–Crippen MR) is 254 cm³/mol. The van der Waals surface area contributed by atoms with E-state index >= 15 is 0 Å². The first-order chi connectivity index (χ1) is 27.7. The van der Waals surface area contributed by atoms with E-state index in [2.05, 4.69) is 69.5 Å². The number of rotatable bonds is 47. The Kier molecular flexibility index (Phi) is 46.8. The molecular formula is C54H100O2. The van der Waals surface area contributed by atoms with Crippen molar-refractivity contribution in [1.82, 2.24) is 0 Å². The van der Waals surface area contributed by atoms with Crippen LogP contribution < -0.4 is 0 Å². The highest BCUT2D eigenvalue weighted by Crippen LogP contribution is 2.20. The first-order valence-electron chi connectivity index (χ1n) is 25.2. The van der Waals surface area contributed by atoms with Crippen LogP contribution in [0.1, 0.15) is 264 Å². The van der Waals surface area contributed by atoms with Gasteiger partial charge in [0.2, 0.25) is 0 Å². The molecule has 0 aromatic rings. The van der Waals surface area contributed by atoms with Crippen molar-refractivity contribution in [2.75, 3.05) is 0 Å². The molecule has 328 valence electrons. The van der Waals surface area contributed by atoms with Crippen LogP contribution in [-0.4, -0.2) is 23.4 Å². The van der Waals surface area contributed by atoms with E-state index < -0.39 is 6.10 Å². The third-order valence-electron chi connectivity index (χ3n) is 11.6. The van der Waals surface area contributed by atoms with Crippen LogP contribution in [0.5, 0.6) is 0 Å². The van der Waals surface area contributed by atoms with Gasteiger partial charge in [0.25, 0.3) is 0 Å². The number of unbranched alkanes of at least 4 members (excludes halogenated alkanes) is 33. The normalized spacial score (nSPS) is 13.7. The molecule has 0 saturated carbocycles. The molecule has 0 fully saturated rings. The highest BCUT2D eigenvalue weighted by molar-refractivity contribution is 5.06. The van der Waals surface area contributed by atoms with E-state index in [0.717, 1.165) is 32.1 Å². The third kappa shape index (κ3) is 42.2. The van der Waals surface area contributed by atoms with Crippen LogP contribution in [0.15, 0.2) is 61.8 Å². The van der Waals surface area contributed by atoms with Crippen LogP contribution in [0.3, 0.4) is 0 Å². The van der Waals surface area contributed by atoms with Crippen molar-refractivity contribution in [3.63, 3.8) is 0 Å². The monoisotopic (exact) mass is 781 g/mol. The second-order valence-corrected chi connectivity index (χ2v) is 17.2. The number of aliphatic hydroxyl groups excluding tert-OH is 1. The first-order valence-corrected chi connectivity index (χ1v) is 25.2. The lowest BCUT2D eigenvalue weighted by Crippen LogP contribution is -2.31. The van der Waals surface area contributed by atoms with Crippen LogP contribution in [0.2, 0.25) is 0 Å². The lowest BCUT2D eigenvalue weighted by Gasteiger charge is -2.25. The fraction of sp³-hybridized carbons (Fsp3) is 0.815. The van der Waals surface area contributed by atoms with E-state index in [4.69, 9.17) is 4.74 Å².